The molecule has 1 heterocycles. The summed E-state index contributed by atoms with van der Waals surface area (Å²) in [7, 11) is 0. The number of anilines is 1. The highest BCUT2D eigenvalue weighted by molar-refractivity contribution is 6.33. The first-order chi connectivity index (χ1) is 12.0. The van der Waals surface area contributed by atoms with E-state index < -0.39 is 10.7 Å². The van der Waals surface area contributed by atoms with Crippen molar-refractivity contribution in [3.05, 3.63) is 33.3 Å². The van der Waals surface area contributed by atoms with Gasteiger partial charge in [0.2, 0.25) is 0 Å². The third kappa shape index (κ3) is 4.39. The van der Waals surface area contributed by atoms with E-state index in [0.29, 0.717) is 31.4 Å². The predicted octanol–water partition coefficient (Wildman–Crippen LogP) is 3.30. The number of carbonyl (C=O) groups is 1. The number of nitro benzene ring substituents is 1. The van der Waals surface area contributed by atoms with E-state index in [0.717, 1.165) is 25.7 Å². The van der Waals surface area contributed by atoms with Crippen LogP contribution in [0.5, 0.6) is 0 Å². The fourth-order valence-corrected chi connectivity index (χ4v) is 3.45. The van der Waals surface area contributed by atoms with Crippen molar-refractivity contribution in [3.63, 3.8) is 0 Å². The maximum atomic E-state index is 12.0. The Balaban J connectivity index is 1.45. The van der Waals surface area contributed by atoms with E-state index in [4.69, 9.17) is 21.1 Å². The number of amides is 2. The van der Waals surface area contributed by atoms with Crippen LogP contribution in [-0.4, -0.2) is 36.5 Å². The standard InChI is InChI=1S/C16H20ClN3O5/c17-13-9-12(20(22)23)1-2-14(13)19-15(21)18-10-11-3-5-16(6-4-11)24-7-8-25-16/h1-2,9,11H,3-8,10H2,(H2,18,19,21). The topological polar surface area (TPSA) is 103 Å². The number of non-ortho nitro benzene ring substituents is 1. The molecule has 2 fully saturated rings. The lowest BCUT2D eigenvalue weighted by molar-refractivity contribution is -0.384. The second kappa shape index (κ2) is 7.55. The monoisotopic (exact) mass is 369 g/mol. The van der Waals surface area contributed by atoms with Crippen molar-refractivity contribution in [2.24, 2.45) is 5.92 Å². The second-order valence-electron chi connectivity index (χ2n) is 6.31. The van der Waals surface area contributed by atoms with Crippen LogP contribution in [-0.2, 0) is 9.47 Å². The first kappa shape index (κ1) is 17.9. The lowest BCUT2D eigenvalue weighted by Gasteiger charge is -2.35. The van der Waals surface area contributed by atoms with Crippen LogP contribution in [0, 0.1) is 16.0 Å². The number of ether oxygens (including phenoxy) is 2. The number of carbonyl (C=O) groups excluding carboxylic acids is 1. The van der Waals surface area contributed by atoms with Crippen LogP contribution in [0.1, 0.15) is 25.7 Å². The van der Waals surface area contributed by atoms with Crippen molar-refractivity contribution >= 4 is 29.0 Å². The number of rotatable bonds is 4. The van der Waals surface area contributed by atoms with E-state index in [9.17, 15) is 14.9 Å². The van der Waals surface area contributed by atoms with Gasteiger partial charge in [-0.1, -0.05) is 11.6 Å². The lowest BCUT2D eigenvalue weighted by Crippen LogP contribution is -2.39. The average molecular weight is 370 g/mol. The molecule has 1 aromatic rings. The smallest absolute Gasteiger partial charge is 0.319 e. The third-order valence-electron chi connectivity index (χ3n) is 4.64. The number of hydrogen-bond acceptors (Lipinski definition) is 5. The number of hydrogen-bond donors (Lipinski definition) is 2. The number of nitro groups is 1. The SMILES string of the molecule is O=C(NCC1CCC2(CC1)OCCO2)Nc1ccc([N+](=O)[O-])cc1Cl. The number of nitrogens with zero attached hydrogens (tertiary/aromatic N) is 1. The highest BCUT2D eigenvalue weighted by atomic mass is 35.5. The normalized spacial score (nSPS) is 19.7. The van der Waals surface area contributed by atoms with Gasteiger partial charge in [0, 0.05) is 31.5 Å². The number of halogens is 1. The summed E-state index contributed by atoms with van der Waals surface area (Å²) in [5.41, 5.74) is 0.212. The summed E-state index contributed by atoms with van der Waals surface area (Å²) in [5, 5.41) is 16.2. The highest BCUT2D eigenvalue weighted by Crippen LogP contribution is 2.38. The van der Waals surface area contributed by atoms with Crippen LogP contribution in [0.2, 0.25) is 5.02 Å². The Hall–Kier alpha value is -1.90. The van der Waals surface area contributed by atoms with E-state index in [-0.39, 0.29) is 16.7 Å². The number of nitrogens with one attached hydrogen (secondary N) is 2. The van der Waals surface area contributed by atoms with E-state index in [1.807, 2.05) is 0 Å². The molecule has 1 saturated carbocycles. The van der Waals surface area contributed by atoms with Crippen molar-refractivity contribution < 1.29 is 19.2 Å². The zero-order chi connectivity index (χ0) is 17.9. The molecule has 25 heavy (non-hydrogen) atoms. The van der Waals surface area contributed by atoms with Gasteiger partial charge in [-0.3, -0.25) is 10.1 Å². The maximum Gasteiger partial charge on any atom is 0.319 e. The summed E-state index contributed by atoms with van der Waals surface area (Å²) in [6.45, 7) is 1.86. The molecule has 2 aliphatic rings. The summed E-state index contributed by atoms with van der Waals surface area (Å²) < 4.78 is 11.4. The molecule has 0 bridgehead atoms. The van der Waals surface area contributed by atoms with Crippen LogP contribution in [0.25, 0.3) is 0 Å². The molecule has 136 valence electrons. The van der Waals surface area contributed by atoms with Gasteiger partial charge in [-0.25, -0.2) is 4.79 Å². The van der Waals surface area contributed by atoms with Crippen LogP contribution in [0.4, 0.5) is 16.2 Å². The van der Waals surface area contributed by atoms with Crippen LogP contribution >= 0.6 is 11.6 Å². The van der Waals surface area contributed by atoms with Crippen molar-refractivity contribution in [1.82, 2.24) is 5.32 Å². The molecule has 3 rings (SSSR count). The Kier molecular flexibility index (Phi) is 5.41. The molecule has 1 aromatic carbocycles. The Bertz CT molecular complexity index is 653. The maximum absolute atomic E-state index is 12.0. The van der Waals surface area contributed by atoms with E-state index in [1.165, 1.54) is 18.2 Å². The molecule has 2 N–H and O–H groups in total. The molecule has 0 atom stereocenters. The van der Waals surface area contributed by atoms with Gasteiger partial charge in [-0.05, 0) is 24.8 Å². The molecule has 0 radical (unpaired) electrons. The summed E-state index contributed by atoms with van der Waals surface area (Å²) in [6.07, 6.45) is 3.54. The van der Waals surface area contributed by atoms with Crippen molar-refractivity contribution in [3.8, 4) is 0 Å². The molecule has 0 aromatic heterocycles. The molecule has 2 amide bonds. The quantitative estimate of drug-likeness (QED) is 0.626. The fraction of sp³-hybridized carbons (Fsp3) is 0.562. The zero-order valence-corrected chi connectivity index (χ0v) is 14.4. The lowest BCUT2D eigenvalue weighted by atomic mass is 9.85. The summed E-state index contributed by atoms with van der Waals surface area (Å²) in [5.74, 6) is -0.0260. The predicted molar refractivity (Wildman–Crippen MR) is 91.7 cm³/mol. The number of urea groups is 1. The Morgan fingerprint density at radius 2 is 2.00 bits per heavy atom. The van der Waals surface area contributed by atoms with Gasteiger partial charge in [-0.15, -0.1) is 0 Å². The van der Waals surface area contributed by atoms with E-state index in [2.05, 4.69) is 10.6 Å². The Labute approximate surface area is 150 Å². The third-order valence-corrected chi connectivity index (χ3v) is 4.96. The van der Waals surface area contributed by atoms with Crippen molar-refractivity contribution in [2.45, 2.75) is 31.5 Å². The minimum Gasteiger partial charge on any atom is -0.348 e. The molecule has 1 aliphatic heterocycles. The molecule has 1 aliphatic carbocycles. The van der Waals surface area contributed by atoms with E-state index in [1.54, 1.807) is 0 Å². The van der Waals surface area contributed by atoms with Crippen LogP contribution in [0.3, 0.4) is 0 Å². The fourth-order valence-electron chi connectivity index (χ4n) is 3.23. The van der Waals surface area contributed by atoms with Gasteiger partial charge in [0.05, 0.1) is 28.8 Å². The van der Waals surface area contributed by atoms with Gasteiger partial charge < -0.3 is 20.1 Å². The van der Waals surface area contributed by atoms with Gasteiger partial charge in [0.25, 0.3) is 5.69 Å². The molecular formula is C16H20ClN3O5. The summed E-state index contributed by atoms with van der Waals surface area (Å²) in [6, 6.07) is 3.53. The summed E-state index contributed by atoms with van der Waals surface area (Å²) >= 11 is 5.96. The van der Waals surface area contributed by atoms with Gasteiger partial charge >= 0.3 is 6.03 Å². The molecule has 8 nitrogen and oxygen atoms in total. The minimum absolute atomic E-state index is 0.122. The van der Waals surface area contributed by atoms with Crippen molar-refractivity contribution in [1.29, 1.82) is 0 Å². The van der Waals surface area contributed by atoms with Crippen molar-refractivity contribution in [2.75, 3.05) is 25.1 Å². The van der Waals surface area contributed by atoms with Gasteiger partial charge in [-0.2, -0.15) is 0 Å². The van der Waals surface area contributed by atoms with E-state index >= 15 is 0 Å². The zero-order valence-electron chi connectivity index (χ0n) is 13.6. The van der Waals surface area contributed by atoms with Crippen LogP contribution in [0.15, 0.2) is 18.2 Å². The molecule has 9 heteroatoms. The first-order valence-electron chi connectivity index (χ1n) is 8.24. The minimum atomic E-state index is -0.538. The Morgan fingerprint density at radius 1 is 1.32 bits per heavy atom. The number of benzene rings is 1. The second-order valence-corrected chi connectivity index (χ2v) is 6.71. The molecule has 0 unspecified atom stereocenters. The highest BCUT2D eigenvalue weighted by Gasteiger charge is 2.40. The Morgan fingerprint density at radius 3 is 2.60 bits per heavy atom. The molecular weight excluding hydrogens is 350 g/mol. The average Bonchev–Trinajstić information content (AvgIpc) is 3.04. The summed E-state index contributed by atoms with van der Waals surface area (Å²) in [4.78, 5) is 22.2. The molecule has 1 spiro atoms. The largest absolute Gasteiger partial charge is 0.348 e. The molecule has 1 saturated heterocycles. The van der Waals surface area contributed by atoms with Crippen LogP contribution < -0.4 is 10.6 Å². The first-order valence-corrected chi connectivity index (χ1v) is 8.62. The van der Waals surface area contributed by atoms with Gasteiger partial charge in [0.15, 0.2) is 5.79 Å². The van der Waals surface area contributed by atoms with Gasteiger partial charge in [0.1, 0.15) is 0 Å².